The lowest BCUT2D eigenvalue weighted by Gasteiger charge is -2.28. The largest absolute Gasteiger partial charge is 0.466 e. The summed E-state index contributed by atoms with van der Waals surface area (Å²) in [6.07, 6.45) is -6.01. The molecule has 1 atom stereocenters. The molecule has 6 heteroatoms. The lowest BCUT2D eigenvalue weighted by molar-refractivity contribution is -0.178. The molecular formula is C27H22F3NO2. The molecule has 0 saturated carbocycles. The number of halogens is 3. The van der Waals surface area contributed by atoms with E-state index in [4.69, 9.17) is 4.74 Å². The van der Waals surface area contributed by atoms with Crippen LogP contribution in [0.15, 0.2) is 96.0 Å². The number of benzene rings is 3. The van der Waals surface area contributed by atoms with E-state index in [1.54, 1.807) is 91.0 Å². The van der Waals surface area contributed by atoms with E-state index in [2.05, 4.69) is 16.8 Å². The zero-order valence-corrected chi connectivity index (χ0v) is 18.0. The molecule has 3 aromatic rings. The number of hydrogen-bond acceptors (Lipinski definition) is 3. The van der Waals surface area contributed by atoms with Crippen LogP contribution in [0, 0.1) is 11.8 Å². The van der Waals surface area contributed by atoms with Crippen LogP contribution in [0.1, 0.15) is 30.0 Å². The molecule has 0 aliphatic rings. The predicted molar refractivity (Wildman–Crippen MR) is 122 cm³/mol. The maximum absolute atomic E-state index is 14.7. The molecular weight excluding hydrogens is 427 g/mol. The van der Waals surface area contributed by atoms with Gasteiger partial charge in [0.15, 0.2) is 0 Å². The number of rotatable bonds is 6. The van der Waals surface area contributed by atoms with E-state index in [1.807, 2.05) is 0 Å². The number of carbonyl (C=O) groups excluding carboxylic acids is 1. The van der Waals surface area contributed by atoms with Gasteiger partial charge in [0.1, 0.15) is 0 Å². The van der Waals surface area contributed by atoms with E-state index >= 15 is 0 Å². The summed E-state index contributed by atoms with van der Waals surface area (Å²) in [5, 5.41) is 0. The lowest BCUT2D eigenvalue weighted by Crippen LogP contribution is -2.45. The van der Waals surface area contributed by atoms with Gasteiger partial charge in [-0.2, -0.15) is 13.2 Å². The number of ether oxygens (including phenoxy) is 1. The van der Waals surface area contributed by atoms with Gasteiger partial charge in [0.2, 0.25) is 5.54 Å². The first-order valence-electron chi connectivity index (χ1n) is 10.4. The fraction of sp³-hybridized carbons (Fsp3) is 0.185. The molecule has 1 unspecified atom stereocenters. The number of carbonyl (C=O) groups is 1. The van der Waals surface area contributed by atoms with Crippen molar-refractivity contribution >= 4 is 11.7 Å². The number of hydrogen-bond donors (Lipinski definition) is 0. The summed E-state index contributed by atoms with van der Waals surface area (Å²) >= 11 is 0. The fourth-order valence-electron chi connectivity index (χ4n) is 3.14. The monoisotopic (exact) mass is 449 g/mol. The van der Waals surface area contributed by atoms with E-state index < -0.39 is 24.1 Å². The first-order valence-corrected chi connectivity index (χ1v) is 10.4. The predicted octanol–water partition coefficient (Wildman–Crippen LogP) is 5.83. The molecule has 0 aliphatic heterocycles. The van der Waals surface area contributed by atoms with Crippen LogP contribution >= 0.6 is 0 Å². The molecule has 0 fully saturated rings. The van der Waals surface area contributed by atoms with Crippen molar-refractivity contribution in [3.63, 3.8) is 0 Å². The Hall–Kier alpha value is -3.85. The first-order chi connectivity index (χ1) is 15.8. The molecule has 168 valence electrons. The van der Waals surface area contributed by atoms with Crippen molar-refractivity contribution in [2.45, 2.75) is 25.1 Å². The van der Waals surface area contributed by atoms with Gasteiger partial charge in [-0.3, -0.25) is 9.79 Å². The van der Waals surface area contributed by atoms with Gasteiger partial charge in [-0.25, -0.2) is 0 Å². The maximum Gasteiger partial charge on any atom is 0.425 e. The second-order valence-corrected chi connectivity index (χ2v) is 7.15. The molecule has 0 spiro atoms. The van der Waals surface area contributed by atoms with Crippen LogP contribution in [-0.2, 0) is 9.53 Å². The Morgan fingerprint density at radius 2 is 1.33 bits per heavy atom. The van der Waals surface area contributed by atoms with Crippen molar-refractivity contribution in [1.82, 2.24) is 0 Å². The van der Waals surface area contributed by atoms with Crippen molar-refractivity contribution in [3.8, 4) is 11.8 Å². The summed E-state index contributed by atoms with van der Waals surface area (Å²) < 4.78 is 48.8. The van der Waals surface area contributed by atoms with Gasteiger partial charge in [0.05, 0.1) is 18.7 Å². The van der Waals surface area contributed by atoms with Gasteiger partial charge in [-0.1, -0.05) is 90.7 Å². The summed E-state index contributed by atoms with van der Waals surface area (Å²) in [6, 6.07) is 25.3. The minimum absolute atomic E-state index is 0.0488. The number of nitrogens with zero attached hydrogens (tertiary/aromatic N) is 1. The molecule has 3 aromatic carbocycles. The Morgan fingerprint density at radius 1 is 0.848 bits per heavy atom. The van der Waals surface area contributed by atoms with Gasteiger partial charge >= 0.3 is 12.1 Å². The van der Waals surface area contributed by atoms with E-state index in [0.717, 1.165) is 0 Å². The zero-order valence-electron chi connectivity index (χ0n) is 18.0. The van der Waals surface area contributed by atoms with E-state index in [-0.39, 0.29) is 12.3 Å². The lowest BCUT2D eigenvalue weighted by atomic mass is 9.92. The third-order valence-corrected chi connectivity index (χ3v) is 4.76. The molecule has 0 amide bonds. The third kappa shape index (κ3) is 6.11. The SMILES string of the molecule is CCOC(=O)CC(C#Cc1ccccc1)(N=C(c1ccccc1)c1ccccc1)C(F)(F)F. The van der Waals surface area contributed by atoms with Crippen LogP contribution in [0.2, 0.25) is 0 Å². The van der Waals surface area contributed by atoms with Crippen LogP contribution in [-0.4, -0.2) is 30.0 Å². The number of alkyl halides is 3. The topological polar surface area (TPSA) is 38.7 Å². The zero-order chi connectivity index (χ0) is 23.7. The third-order valence-electron chi connectivity index (χ3n) is 4.76. The Bertz CT molecular complexity index is 1110. The summed E-state index contributed by atoms with van der Waals surface area (Å²) in [4.78, 5) is 16.5. The van der Waals surface area contributed by atoms with Crippen LogP contribution in [0.5, 0.6) is 0 Å². The minimum Gasteiger partial charge on any atom is -0.466 e. The summed E-state index contributed by atoms with van der Waals surface area (Å²) in [6.45, 7) is 1.48. The highest BCUT2D eigenvalue weighted by Gasteiger charge is 2.56. The van der Waals surface area contributed by atoms with Crippen LogP contribution < -0.4 is 0 Å². The van der Waals surface area contributed by atoms with Crippen LogP contribution in [0.3, 0.4) is 0 Å². The normalized spacial score (nSPS) is 12.6. The quantitative estimate of drug-likeness (QED) is 0.270. The molecule has 0 bridgehead atoms. The van der Waals surface area contributed by atoms with E-state index in [0.29, 0.717) is 16.7 Å². The highest BCUT2D eigenvalue weighted by molar-refractivity contribution is 6.13. The molecule has 0 aliphatic carbocycles. The highest BCUT2D eigenvalue weighted by Crippen LogP contribution is 2.38. The maximum atomic E-state index is 14.7. The Kier molecular flexibility index (Phi) is 7.68. The van der Waals surface area contributed by atoms with E-state index in [1.165, 1.54) is 6.92 Å². The smallest absolute Gasteiger partial charge is 0.425 e. The average molecular weight is 449 g/mol. The van der Waals surface area contributed by atoms with Gasteiger partial charge in [-0.15, -0.1) is 0 Å². The molecule has 0 aromatic heterocycles. The Balaban J connectivity index is 2.28. The second-order valence-electron chi connectivity index (χ2n) is 7.15. The number of aliphatic imine (C=N–C) groups is 1. The Labute approximate surface area is 190 Å². The molecule has 3 nitrogen and oxygen atoms in total. The van der Waals surface area contributed by atoms with Gasteiger partial charge in [0, 0.05) is 16.7 Å². The molecule has 0 saturated heterocycles. The molecule has 0 N–H and O–H groups in total. The Morgan fingerprint density at radius 3 is 1.79 bits per heavy atom. The fourth-order valence-corrected chi connectivity index (χ4v) is 3.14. The number of esters is 1. The van der Waals surface area contributed by atoms with Gasteiger partial charge < -0.3 is 4.74 Å². The van der Waals surface area contributed by atoms with Crippen molar-refractivity contribution in [2.24, 2.45) is 4.99 Å². The molecule has 0 heterocycles. The van der Waals surface area contributed by atoms with E-state index in [9.17, 15) is 18.0 Å². The standard InChI is InChI=1S/C27H22F3NO2/c1-2-33-24(32)20-26(27(28,29)30,19-18-21-12-6-3-7-13-21)31-25(22-14-8-4-9-15-22)23-16-10-5-11-17-23/h3-17H,2,20H2,1H3. The summed E-state index contributed by atoms with van der Waals surface area (Å²) in [5.74, 6) is 3.82. The van der Waals surface area contributed by atoms with Crippen molar-refractivity contribution < 1.29 is 22.7 Å². The molecule has 0 radical (unpaired) electrons. The minimum atomic E-state index is -4.95. The van der Waals surface area contributed by atoms with Crippen molar-refractivity contribution in [2.75, 3.05) is 6.61 Å². The highest BCUT2D eigenvalue weighted by atomic mass is 19.4. The van der Waals surface area contributed by atoms with Crippen molar-refractivity contribution in [3.05, 3.63) is 108 Å². The summed E-state index contributed by atoms with van der Waals surface area (Å²) in [7, 11) is 0. The first kappa shape index (κ1) is 23.8. The van der Waals surface area contributed by atoms with Gasteiger partial charge in [-0.05, 0) is 19.1 Å². The molecule has 33 heavy (non-hydrogen) atoms. The summed E-state index contributed by atoms with van der Waals surface area (Å²) in [5.41, 5.74) is -1.59. The van der Waals surface area contributed by atoms with Crippen LogP contribution in [0.25, 0.3) is 0 Å². The van der Waals surface area contributed by atoms with Crippen molar-refractivity contribution in [1.29, 1.82) is 0 Å². The second kappa shape index (κ2) is 10.6. The molecule has 3 rings (SSSR count). The van der Waals surface area contributed by atoms with Gasteiger partial charge in [0.25, 0.3) is 0 Å². The van der Waals surface area contributed by atoms with Crippen LogP contribution in [0.4, 0.5) is 13.2 Å². The average Bonchev–Trinajstić information content (AvgIpc) is 2.82.